The molecule has 1 saturated carbocycles. The molecule has 3 N–H and O–H groups in total. The molecule has 12 nitrogen and oxygen atoms in total. The molecule has 1 fully saturated rings. The average Bonchev–Trinajstić information content (AvgIpc) is 3.40. The number of ether oxygens (including phenoxy) is 1. The highest BCUT2D eigenvalue weighted by Gasteiger charge is 2.65. The van der Waals surface area contributed by atoms with Crippen molar-refractivity contribution in [2.45, 2.75) is 82.8 Å². The number of alkyl carbamates (subject to hydrolysis) is 1. The highest BCUT2D eigenvalue weighted by molar-refractivity contribution is 6.33. The summed E-state index contributed by atoms with van der Waals surface area (Å²) < 4.78 is 101. The summed E-state index contributed by atoms with van der Waals surface area (Å²) in [5, 5.41) is 9.06. The Morgan fingerprint density at radius 2 is 1.85 bits per heavy atom. The Balaban J connectivity index is 1.37. The number of nitrogens with two attached hydrogens (primary N) is 1. The van der Waals surface area contributed by atoms with Crippen LogP contribution >= 0.6 is 11.6 Å². The van der Waals surface area contributed by atoms with Crippen LogP contribution in [0.25, 0.3) is 17.0 Å². The molecule has 3 heterocycles. The number of carbonyl (C=O) groups excluding carboxylic acids is 2. The number of halogens is 8. The summed E-state index contributed by atoms with van der Waals surface area (Å²) in [7, 11) is 0. The first-order chi connectivity index (χ1) is 25.2. The number of nitrogens with zero attached hydrogens (tertiary/aromatic N) is 7. The van der Waals surface area contributed by atoms with Crippen molar-refractivity contribution in [3.8, 4) is 11.4 Å². The molecule has 290 valence electrons. The van der Waals surface area contributed by atoms with Gasteiger partial charge in [0.1, 0.15) is 18.5 Å². The van der Waals surface area contributed by atoms with Gasteiger partial charge in [-0.3, -0.25) is 9.69 Å². The monoisotopic (exact) mass is 785 g/mol. The highest BCUT2D eigenvalue weighted by Crippen LogP contribution is 2.49. The first kappa shape index (κ1) is 38.8. The number of nitrogens with one attached hydrogen (secondary N) is 1. The highest BCUT2D eigenvalue weighted by atomic mass is 35.5. The van der Waals surface area contributed by atoms with Crippen molar-refractivity contribution in [2.75, 3.05) is 6.61 Å². The maximum Gasteiger partial charge on any atom is 0.411 e. The molecule has 1 aliphatic heterocycles. The zero-order valence-electron chi connectivity index (χ0n) is 29.0. The standard InChI is InChI=1S/C34H35ClF7N9O3/c1-31(2,3)16-33(21-7-4-18(5-8-21)20-13-45-49(14-20)27(36)37)26(52)50(29(43)47-33)24(15-54-30(53)48-32(10-11-32)34(40,41)42)19-6-9-23(35)22(12-19)25-44-17-46-51(25)28(38)39/h4-7,9,12-14,17,21,24,27-28H,8,10-11,15-16H2,1-3H3,(H2,43,47)(H,48,53)/t21?,24-,33-/m1/s1. The normalized spacial score (nSPS) is 21.8. The molecule has 54 heavy (non-hydrogen) atoms. The predicted molar refractivity (Wildman–Crippen MR) is 181 cm³/mol. The van der Waals surface area contributed by atoms with Crippen molar-refractivity contribution in [3.63, 3.8) is 0 Å². The number of allylic oxidation sites excluding steroid dienone is 3. The average molecular weight is 786 g/mol. The zero-order chi connectivity index (χ0) is 39.4. The van der Waals surface area contributed by atoms with Gasteiger partial charge in [-0.05, 0) is 54.4 Å². The lowest BCUT2D eigenvalue weighted by atomic mass is 9.70. The van der Waals surface area contributed by atoms with Gasteiger partial charge in [0.25, 0.3) is 5.91 Å². The first-order valence-electron chi connectivity index (χ1n) is 16.6. The van der Waals surface area contributed by atoms with Gasteiger partial charge in [-0.1, -0.05) is 56.7 Å². The number of guanidine groups is 1. The Labute approximate surface area is 308 Å². The van der Waals surface area contributed by atoms with Gasteiger partial charge in [0, 0.05) is 23.2 Å². The molecule has 20 heteroatoms. The topological polar surface area (TPSA) is 146 Å². The maximum absolute atomic E-state index is 14.9. The predicted octanol–water partition coefficient (Wildman–Crippen LogP) is 7.44. The SMILES string of the molecule is CC(C)(C)C[C@]1(C2C=CC(c3cnn(C(F)F)c3)=CC2)N=C(N)N([C@H](COC(=O)NC2(C(F)(F)F)CC2)c2ccc(Cl)c(-c3ncnn3C(F)F)c2)C1=O. The fraction of sp³-hybridized carbons (Fsp3) is 0.471. The van der Waals surface area contributed by atoms with E-state index in [1.54, 1.807) is 18.2 Å². The second kappa shape index (κ2) is 14.0. The third-order valence-corrected chi connectivity index (χ3v) is 9.82. The van der Waals surface area contributed by atoms with Crippen LogP contribution in [0.2, 0.25) is 5.02 Å². The summed E-state index contributed by atoms with van der Waals surface area (Å²) in [6.45, 7) is -1.04. The zero-order valence-corrected chi connectivity index (χ0v) is 29.8. The summed E-state index contributed by atoms with van der Waals surface area (Å²) >= 11 is 6.42. The van der Waals surface area contributed by atoms with E-state index in [2.05, 4.69) is 15.2 Å². The van der Waals surface area contributed by atoms with Crippen LogP contribution in [-0.4, -0.2) is 71.3 Å². The fourth-order valence-corrected chi connectivity index (χ4v) is 7.02. The summed E-state index contributed by atoms with van der Waals surface area (Å²) in [4.78, 5) is 37.5. The number of rotatable bonds is 11. The van der Waals surface area contributed by atoms with E-state index in [-0.39, 0.29) is 53.6 Å². The summed E-state index contributed by atoms with van der Waals surface area (Å²) in [6.07, 6.45) is 2.03. The second-order valence-electron chi connectivity index (χ2n) is 14.5. The first-order valence-corrected chi connectivity index (χ1v) is 17.0. The second-order valence-corrected chi connectivity index (χ2v) is 14.9. The summed E-state index contributed by atoms with van der Waals surface area (Å²) in [5.74, 6) is -1.90. The van der Waals surface area contributed by atoms with Crippen molar-refractivity contribution < 1.29 is 45.1 Å². The van der Waals surface area contributed by atoms with E-state index in [9.17, 15) is 40.3 Å². The minimum absolute atomic E-state index is 0.0302. The maximum atomic E-state index is 14.9. The smallest absolute Gasteiger partial charge is 0.411 e. The van der Waals surface area contributed by atoms with Gasteiger partial charge in [-0.15, -0.1) is 0 Å². The van der Waals surface area contributed by atoms with Gasteiger partial charge in [-0.2, -0.15) is 45.6 Å². The van der Waals surface area contributed by atoms with E-state index >= 15 is 0 Å². The van der Waals surface area contributed by atoms with Crippen molar-refractivity contribution in [3.05, 3.63) is 71.3 Å². The summed E-state index contributed by atoms with van der Waals surface area (Å²) in [5.41, 5.74) is 3.09. The Morgan fingerprint density at radius 3 is 2.43 bits per heavy atom. The third kappa shape index (κ3) is 7.41. The number of hydrogen-bond donors (Lipinski definition) is 2. The van der Waals surface area contributed by atoms with Crippen LogP contribution in [0.5, 0.6) is 0 Å². The van der Waals surface area contributed by atoms with Crippen molar-refractivity contribution >= 4 is 35.1 Å². The molecule has 0 radical (unpaired) electrons. The minimum Gasteiger partial charge on any atom is -0.447 e. The van der Waals surface area contributed by atoms with Crippen LogP contribution in [0.15, 0.2) is 60.1 Å². The van der Waals surface area contributed by atoms with Crippen LogP contribution in [-0.2, 0) is 9.53 Å². The molecule has 3 aromatic rings. The van der Waals surface area contributed by atoms with E-state index in [4.69, 9.17) is 27.1 Å². The Bertz CT molecular complexity index is 2020. The lowest BCUT2D eigenvalue weighted by molar-refractivity contribution is -0.164. The Kier molecular flexibility index (Phi) is 10.1. The van der Waals surface area contributed by atoms with Crippen LogP contribution in [0.4, 0.5) is 35.5 Å². The van der Waals surface area contributed by atoms with Gasteiger partial charge >= 0.3 is 25.4 Å². The third-order valence-electron chi connectivity index (χ3n) is 9.49. The number of hydrogen-bond acceptors (Lipinski definition) is 8. The summed E-state index contributed by atoms with van der Waals surface area (Å²) in [6, 6.07) is 2.70. The van der Waals surface area contributed by atoms with Crippen LogP contribution in [0.3, 0.4) is 0 Å². The van der Waals surface area contributed by atoms with Gasteiger partial charge < -0.3 is 15.8 Å². The molecular formula is C34H35ClF7N9O3. The number of aromatic nitrogens is 5. The van der Waals surface area contributed by atoms with E-state index in [1.165, 1.54) is 30.6 Å². The van der Waals surface area contributed by atoms with Crippen LogP contribution in [0, 0.1) is 11.3 Å². The molecule has 2 aromatic heterocycles. The lowest BCUT2D eigenvalue weighted by Gasteiger charge is -2.38. The molecule has 3 atom stereocenters. The largest absolute Gasteiger partial charge is 0.447 e. The molecule has 2 amide bonds. The molecule has 6 rings (SSSR count). The van der Waals surface area contributed by atoms with E-state index in [0.29, 0.717) is 20.5 Å². The number of aliphatic imine (C=N–C) groups is 1. The number of benzene rings is 1. The van der Waals surface area contributed by atoms with Gasteiger partial charge in [0.15, 0.2) is 17.3 Å². The fourth-order valence-electron chi connectivity index (χ4n) is 6.82. The molecule has 0 saturated heterocycles. The Morgan fingerprint density at radius 1 is 1.13 bits per heavy atom. The van der Waals surface area contributed by atoms with Gasteiger partial charge in [-0.25, -0.2) is 19.5 Å². The molecular weight excluding hydrogens is 751 g/mol. The van der Waals surface area contributed by atoms with Crippen LogP contribution in [0.1, 0.15) is 76.7 Å². The molecule has 1 aromatic carbocycles. The van der Waals surface area contributed by atoms with Crippen molar-refractivity contribution in [1.29, 1.82) is 0 Å². The molecule has 2 aliphatic carbocycles. The van der Waals surface area contributed by atoms with Gasteiger partial charge in [0.05, 0.1) is 17.3 Å². The van der Waals surface area contributed by atoms with E-state index in [1.807, 2.05) is 26.1 Å². The molecule has 0 bridgehead atoms. The molecule has 3 aliphatic rings. The number of alkyl halides is 7. The van der Waals surface area contributed by atoms with Crippen molar-refractivity contribution in [2.24, 2.45) is 22.1 Å². The lowest BCUT2D eigenvalue weighted by Crippen LogP contribution is -2.52. The number of amides is 2. The van der Waals surface area contributed by atoms with E-state index in [0.717, 1.165) is 11.2 Å². The molecule has 0 spiro atoms. The Hall–Kier alpha value is -4.94. The van der Waals surface area contributed by atoms with Crippen molar-refractivity contribution in [1.82, 2.24) is 34.8 Å². The quantitative estimate of drug-likeness (QED) is 0.192. The minimum atomic E-state index is -4.74. The number of carbonyl (C=O) groups is 2. The van der Waals surface area contributed by atoms with E-state index < -0.39 is 66.3 Å². The van der Waals surface area contributed by atoms with Crippen LogP contribution < -0.4 is 11.1 Å². The van der Waals surface area contributed by atoms with Gasteiger partial charge in [0.2, 0.25) is 0 Å². The molecule has 1 unspecified atom stereocenters.